The number of aliphatic carboxylic acids is 1. The van der Waals surface area contributed by atoms with Gasteiger partial charge in [-0.2, -0.15) is 0 Å². The van der Waals surface area contributed by atoms with Crippen molar-refractivity contribution in [1.82, 2.24) is 4.98 Å². The zero-order valence-corrected chi connectivity index (χ0v) is 9.35. The SMILES string of the molecule is O=C(O)C(Cc1ccncc1)c1cccs1. The molecule has 0 spiro atoms. The lowest BCUT2D eigenvalue weighted by molar-refractivity contribution is -0.138. The van der Waals surface area contributed by atoms with Gasteiger partial charge >= 0.3 is 5.97 Å². The molecule has 2 aromatic heterocycles. The summed E-state index contributed by atoms with van der Waals surface area (Å²) in [6.07, 6.45) is 3.88. The number of rotatable bonds is 4. The Morgan fingerprint density at radius 1 is 1.38 bits per heavy atom. The van der Waals surface area contributed by atoms with Crippen LogP contribution in [0, 0.1) is 0 Å². The smallest absolute Gasteiger partial charge is 0.312 e. The quantitative estimate of drug-likeness (QED) is 0.882. The predicted octanol–water partition coefficient (Wildman–Crippen LogP) is 2.55. The van der Waals surface area contributed by atoms with E-state index in [-0.39, 0.29) is 0 Å². The number of pyridine rings is 1. The second-order valence-electron chi connectivity index (χ2n) is 3.47. The summed E-state index contributed by atoms with van der Waals surface area (Å²) in [6, 6.07) is 7.44. The first-order valence-corrected chi connectivity index (χ1v) is 5.80. The molecule has 2 rings (SSSR count). The van der Waals surface area contributed by atoms with E-state index in [2.05, 4.69) is 4.98 Å². The van der Waals surface area contributed by atoms with Crippen LogP contribution < -0.4 is 0 Å². The fourth-order valence-electron chi connectivity index (χ4n) is 1.55. The summed E-state index contributed by atoms with van der Waals surface area (Å²) in [5.74, 6) is -1.23. The Labute approximate surface area is 97.4 Å². The normalized spacial score (nSPS) is 12.2. The number of hydrogen-bond donors (Lipinski definition) is 1. The first-order valence-electron chi connectivity index (χ1n) is 4.92. The van der Waals surface area contributed by atoms with Crippen molar-refractivity contribution in [3.8, 4) is 0 Å². The summed E-state index contributed by atoms with van der Waals surface area (Å²) in [6.45, 7) is 0. The first kappa shape index (κ1) is 10.8. The minimum atomic E-state index is -0.778. The number of carboxylic acid groups (broad SMARTS) is 1. The minimum absolute atomic E-state index is 0.456. The van der Waals surface area contributed by atoms with Crippen molar-refractivity contribution in [2.45, 2.75) is 12.3 Å². The predicted molar refractivity (Wildman–Crippen MR) is 62.6 cm³/mol. The molecule has 1 atom stereocenters. The average molecular weight is 233 g/mol. The van der Waals surface area contributed by atoms with Gasteiger partial charge in [0.2, 0.25) is 0 Å². The molecular weight excluding hydrogens is 222 g/mol. The van der Waals surface area contributed by atoms with E-state index in [1.54, 1.807) is 12.4 Å². The van der Waals surface area contributed by atoms with Gasteiger partial charge in [-0.3, -0.25) is 9.78 Å². The Balaban J connectivity index is 2.19. The Morgan fingerprint density at radius 2 is 2.12 bits per heavy atom. The van der Waals surface area contributed by atoms with Gasteiger partial charge in [0.05, 0.1) is 5.92 Å². The molecule has 4 heteroatoms. The van der Waals surface area contributed by atoms with E-state index < -0.39 is 11.9 Å². The molecule has 0 bridgehead atoms. The summed E-state index contributed by atoms with van der Waals surface area (Å²) in [7, 11) is 0. The summed E-state index contributed by atoms with van der Waals surface area (Å²) in [5, 5.41) is 11.1. The molecule has 0 aliphatic carbocycles. The lowest BCUT2D eigenvalue weighted by Gasteiger charge is -2.09. The molecule has 0 fully saturated rings. The summed E-state index contributed by atoms with van der Waals surface area (Å²) in [5.41, 5.74) is 0.996. The van der Waals surface area contributed by atoms with Gasteiger partial charge in [0.1, 0.15) is 0 Å². The second kappa shape index (κ2) is 4.90. The maximum Gasteiger partial charge on any atom is 0.312 e. The van der Waals surface area contributed by atoms with Crippen LogP contribution in [0.1, 0.15) is 16.4 Å². The van der Waals surface area contributed by atoms with Crippen LogP contribution >= 0.6 is 11.3 Å². The molecule has 2 aromatic rings. The van der Waals surface area contributed by atoms with Crippen LogP contribution in [0.25, 0.3) is 0 Å². The molecule has 0 aromatic carbocycles. The topological polar surface area (TPSA) is 50.2 Å². The largest absolute Gasteiger partial charge is 0.481 e. The average Bonchev–Trinajstić information content (AvgIpc) is 2.80. The molecule has 0 amide bonds. The van der Waals surface area contributed by atoms with E-state index in [0.717, 1.165) is 10.4 Å². The zero-order valence-electron chi connectivity index (χ0n) is 8.54. The summed E-state index contributed by atoms with van der Waals surface area (Å²) >= 11 is 1.48. The van der Waals surface area contributed by atoms with Crippen LogP contribution in [0.4, 0.5) is 0 Å². The lowest BCUT2D eigenvalue weighted by atomic mass is 9.99. The fourth-order valence-corrected chi connectivity index (χ4v) is 2.37. The van der Waals surface area contributed by atoms with E-state index >= 15 is 0 Å². The van der Waals surface area contributed by atoms with E-state index in [9.17, 15) is 9.90 Å². The highest BCUT2D eigenvalue weighted by atomic mass is 32.1. The molecule has 1 N–H and O–H groups in total. The van der Waals surface area contributed by atoms with Crippen LogP contribution in [-0.4, -0.2) is 16.1 Å². The van der Waals surface area contributed by atoms with Crippen molar-refractivity contribution in [3.63, 3.8) is 0 Å². The van der Waals surface area contributed by atoms with Crippen LogP contribution in [-0.2, 0) is 11.2 Å². The molecule has 3 nitrogen and oxygen atoms in total. The Hall–Kier alpha value is -1.68. The van der Waals surface area contributed by atoms with E-state index in [4.69, 9.17) is 0 Å². The third-order valence-electron chi connectivity index (χ3n) is 2.37. The van der Waals surface area contributed by atoms with Gasteiger partial charge in [-0.05, 0) is 35.6 Å². The Bertz CT molecular complexity index is 453. The number of aromatic nitrogens is 1. The molecule has 0 saturated heterocycles. The maximum absolute atomic E-state index is 11.2. The molecule has 0 radical (unpaired) electrons. The van der Waals surface area contributed by atoms with Gasteiger partial charge in [-0.15, -0.1) is 11.3 Å². The van der Waals surface area contributed by atoms with E-state index in [0.29, 0.717) is 6.42 Å². The minimum Gasteiger partial charge on any atom is -0.481 e. The molecule has 82 valence electrons. The monoisotopic (exact) mass is 233 g/mol. The molecular formula is C12H11NO2S. The van der Waals surface area contributed by atoms with Crippen molar-refractivity contribution in [3.05, 3.63) is 52.5 Å². The Kier molecular flexibility index (Phi) is 3.31. The second-order valence-corrected chi connectivity index (χ2v) is 4.45. The van der Waals surface area contributed by atoms with Crippen molar-refractivity contribution in [1.29, 1.82) is 0 Å². The Morgan fingerprint density at radius 3 is 2.69 bits per heavy atom. The molecule has 0 aliphatic rings. The molecule has 2 heterocycles. The number of carbonyl (C=O) groups is 1. The fraction of sp³-hybridized carbons (Fsp3) is 0.167. The van der Waals surface area contributed by atoms with E-state index in [1.807, 2.05) is 29.6 Å². The van der Waals surface area contributed by atoms with Gasteiger partial charge in [0.25, 0.3) is 0 Å². The molecule has 0 aliphatic heterocycles. The highest BCUT2D eigenvalue weighted by molar-refractivity contribution is 7.10. The molecule has 16 heavy (non-hydrogen) atoms. The van der Waals surface area contributed by atoms with Crippen molar-refractivity contribution < 1.29 is 9.90 Å². The standard InChI is InChI=1S/C12H11NO2S/c14-12(15)10(11-2-1-7-16-11)8-9-3-5-13-6-4-9/h1-7,10H,8H2,(H,14,15). The maximum atomic E-state index is 11.2. The van der Waals surface area contributed by atoms with Gasteiger partial charge in [0.15, 0.2) is 0 Å². The first-order chi connectivity index (χ1) is 7.77. The van der Waals surface area contributed by atoms with E-state index in [1.165, 1.54) is 11.3 Å². The number of thiophene rings is 1. The van der Waals surface area contributed by atoms with Crippen LogP contribution in [0.2, 0.25) is 0 Å². The number of carboxylic acids is 1. The van der Waals surface area contributed by atoms with Gasteiger partial charge in [0, 0.05) is 17.3 Å². The van der Waals surface area contributed by atoms with Crippen LogP contribution in [0.3, 0.4) is 0 Å². The summed E-state index contributed by atoms with van der Waals surface area (Å²) in [4.78, 5) is 16.0. The third-order valence-corrected chi connectivity index (χ3v) is 3.36. The summed E-state index contributed by atoms with van der Waals surface area (Å²) < 4.78 is 0. The van der Waals surface area contributed by atoms with Crippen LogP contribution in [0.15, 0.2) is 42.0 Å². The molecule has 0 saturated carbocycles. The zero-order chi connectivity index (χ0) is 11.4. The van der Waals surface area contributed by atoms with Crippen LogP contribution in [0.5, 0.6) is 0 Å². The highest BCUT2D eigenvalue weighted by Gasteiger charge is 2.20. The highest BCUT2D eigenvalue weighted by Crippen LogP contribution is 2.25. The van der Waals surface area contributed by atoms with Crippen molar-refractivity contribution in [2.75, 3.05) is 0 Å². The third kappa shape index (κ3) is 2.46. The molecule has 1 unspecified atom stereocenters. The lowest BCUT2D eigenvalue weighted by Crippen LogP contribution is -2.13. The van der Waals surface area contributed by atoms with Gasteiger partial charge in [-0.25, -0.2) is 0 Å². The van der Waals surface area contributed by atoms with Gasteiger partial charge < -0.3 is 5.11 Å². The van der Waals surface area contributed by atoms with Crippen molar-refractivity contribution in [2.24, 2.45) is 0 Å². The van der Waals surface area contributed by atoms with Crippen molar-refractivity contribution >= 4 is 17.3 Å². The number of nitrogens with zero attached hydrogens (tertiary/aromatic N) is 1. The number of hydrogen-bond acceptors (Lipinski definition) is 3. The van der Waals surface area contributed by atoms with Gasteiger partial charge in [-0.1, -0.05) is 6.07 Å².